The molecule has 3 aromatic rings. The van der Waals surface area contributed by atoms with E-state index in [1.165, 1.54) is 5.39 Å². The molecular weight excluding hydrogens is 278 g/mol. The van der Waals surface area contributed by atoms with E-state index in [9.17, 15) is 0 Å². The van der Waals surface area contributed by atoms with E-state index in [2.05, 4.69) is 12.1 Å². The Balaban J connectivity index is 2.00. The van der Waals surface area contributed by atoms with Gasteiger partial charge in [0.1, 0.15) is 16.5 Å². The zero-order valence-corrected chi connectivity index (χ0v) is 12.5. The van der Waals surface area contributed by atoms with Crippen LogP contribution in [0.2, 0.25) is 0 Å². The summed E-state index contributed by atoms with van der Waals surface area (Å²) in [6.07, 6.45) is 0. The minimum Gasteiger partial charge on any atom is -0.457 e. The molecular formula is C18H15NOS. The van der Waals surface area contributed by atoms with Crippen LogP contribution in [-0.4, -0.2) is 4.99 Å². The minimum atomic E-state index is 0.342. The average molecular weight is 293 g/mol. The lowest BCUT2D eigenvalue weighted by atomic mass is 10.1. The molecule has 0 fully saturated rings. The van der Waals surface area contributed by atoms with Crippen LogP contribution in [-0.2, 0) is 0 Å². The molecule has 0 bridgehead atoms. The molecule has 3 aromatic carbocycles. The topological polar surface area (TPSA) is 35.2 Å². The molecule has 0 saturated carbocycles. The minimum absolute atomic E-state index is 0.342. The Hall–Kier alpha value is -2.39. The maximum atomic E-state index is 5.97. The largest absolute Gasteiger partial charge is 0.457 e. The lowest BCUT2D eigenvalue weighted by Crippen LogP contribution is -2.11. The molecule has 0 spiro atoms. The molecule has 2 N–H and O–H groups in total. The molecule has 21 heavy (non-hydrogen) atoms. The van der Waals surface area contributed by atoms with Crippen LogP contribution >= 0.6 is 12.2 Å². The van der Waals surface area contributed by atoms with Crippen LogP contribution in [0.4, 0.5) is 0 Å². The third-order valence-corrected chi connectivity index (χ3v) is 3.57. The number of benzene rings is 3. The van der Waals surface area contributed by atoms with E-state index >= 15 is 0 Å². The number of rotatable bonds is 3. The maximum absolute atomic E-state index is 5.97. The molecule has 0 aliphatic carbocycles. The smallest absolute Gasteiger partial charge is 0.137 e. The van der Waals surface area contributed by atoms with Gasteiger partial charge in [0.25, 0.3) is 0 Å². The quantitative estimate of drug-likeness (QED) is 0.718. The number of hydrogen-bond acceptors (Lipinski definition) is 2. The fourth-order valence-corrected chi connectivity index (χ4v) is 2.44. The molecule has 2 nitrogen and oxygen atoms in total. The molecule has 104 valence electrons. The van der Waals surface area contributed by atoms with Crippen LogP contribution in [0.3, 0.4) is 0 Å². The Labute approximate surface area is 129 Å². The second-order valence-corrected chi connectivity index (χ2v) is 5.41. The van der Waals surface area contributed by atoms with E-state index in [4.69, 9.17) is 22.7 Å². The molecule has 0 saturated heterocycles. The first-order chi connectivity index (χ1) is 10.1. The van der Waals surface area contributed by atoms with Crippen molar-refractivity contribution in [3.05, 3.63) is 71.8 Å². The number of hydrogen-bond donors (Lipinski definition) is 1. The molecule has 0 amide bonds. The predicted octanol–water partition coefficient (Wildman–Crippen LogP) is 4.57. The van der Waals surface area contributed by atoms with Crippen molar-refractivity contribution in [1.29, 1.82) is 0 Å². The van der Waals surface area contributed by atoms with Crippen molar-refractivity contribution in [2.45, 2.75) is 6.92 Å². The van der Waals surface area contributed by atoms with Gasteiger partial charge in [-0.2, -0.15) is 0 Å². The summed E-state index contributed by atoms with van der Waals surface area (Å²) in [7, 11) is 0. The highest BCUT2D eigenvalue weighted by molar-refractivity contribution is 7.80. The van der Waals surface area contributed by atoms with E-state index in [1.54, 1.807) is 0 Å². The van der Waals surface area contributed by atoms with Gasteiger partial charge in [0.15, 0.2) is 0 Å². The van der Waals surface area contributed by atoms with Gasteiger partial charge in [-0.3, -0.25) is 0 Å². The zero-order chi connectivity index (χ0) is 14.8. The zero-order valence-electron chi connectivity index (χ0n) is 11.7. The lowest BCUT2D eigenvalue weighted by Gasteiger charge is -2.11. The first-order valence-corrected chi connectivity index (χ1v) is 7.11. The standard InChI is InChI=1S/C18H15NOS/c1-12-6-9-17(16(10-12)18(19)21)20-15-8-7-13-4-2-3-5-14(13)11-15/h2-11H,1H3,(H2,19,21). The second kappa shape index (κ2) is 5.54. The number of nitrogens with two attached hydrogens (primary N) is 1. The van der Waals surface area contributed by atoms with E-state index in [0.29, 0.717) is 10.7 Å². The van der Waals surface area contributed by atoms with E-state index in [-0.39, 0.29) is 0 Å². The molecule has 3 rings (SSSR count). The Morgan fingerprint density at radius 2 is 1.71 bits per heavy atom. The van der Waals surface area contributed by atoms with E-state index in [1.807, 2.05) is 55.5 Å². The van der Waals surface area contributed by atoms with Gasteiger partial charge in [0.05, 0.1) is 5.56 Å². The third kappa shape index (κ3) is 2.88. The summed E-state index contributed by atoms with van der Waals surface area (Å²) in [4.78, 5) is 0.342. The summed E-state index contributed by atoms with van der Waals surface area (Å²) in [5.41, 5.74) is 7.64. The highest BCUT2D eigenvalue weighted by atomic mass is 32.1. The van der Waals surface area contributed by atoms with Gasteiger partial charge in [0, 0.05) is 0 Å². The fraction of sp³-hybridized carbons (Fsp3) is 0.0556. The SMILES string of the molecule is Cc1ccc(Oc2ccc3ccccc3c2)c(C(N)=S)c1. The van der Waals surface area contributed by atoms with Crippen LogP contribution in [0.1, 0.15) is 11.1 Å². The van der Waals surface area contributed by atoms with Crippen LogP contribution < -0.4 is 10.5 Å². The van der Waals surface area contributed by atoms with Crippen molar-refractivity contribution < 1.29 is 4.74 Å². The van der Waals surface area contributed by atoms with Crippen LogP contribution in [0.25, 0.3) is 10.8 Å². The van der Waals surface area contributed by atoms with Crippen molar-refractivity contribution in [2.24, 2.45) is 5.73 Å². The molecule has 3 heteroatoms. The molecule has 0 unspecified atom stereocenters. The number of aryl methyl sites for hydroxylation is 1. The first kappa shape index (κ1) is 13.6. The Bertz CT molecular complexity index is 826. The van der Waals surface area contributed by atoms with E-state index < -0.39 is 0 Å². The Morgan fingerprint density at radius 1 is 0.952 bits per heavy atom. The summed E-state index contributed by atoms with van der Waals surface area (Å²) < 4.78 is 5.97. The van der Waals surface area contributed by atoms with Gasteiger partial charge in [-0.05, 0) is 42.0 Å². The predicted molar refractivity (Wildman–Crippen MR) is 91.1 cm³/mol. The fourth-order valence-electron chi connectivity index (χ4n) is 2.28. The van der Waals surface area contributed by atoms with Gasteiger partial charge in [0.2, 0.25) is 0 Å². The average Bonchev–Trinajstić information content (AvgIpc) is 2.49. The number of ether oxygens (including phenoxy) is 1. The molecule has 0 radical (unpaired) electrons. The summed E-state index contributed by atoms with van der Waals surface area (Å²) in [5.74, 6) is 1.46. The highest BCUT2D eigenvalue weighted by Gasteiger charge is 2.08. The number of fused-ring (bicyclic) bond motifs is 1. The molecule has 0 aliphatic heterocycles. The highest BCUT2D eigenvalue weighted by Crippen LogP contribution is 2.28. The number of thiocarbonyl (C=S) groups is 1. The van der Waals surface area contributed by atoms with Crippen LogP contribution in [0.5, 0.6) is 11.5 Å². The summed E-state index contributed by atoms with van der Waals surface area (Å²) in [6.45, 7) is 2.00. The Kier molecular flexibility index (Phi) is 3.59. The van der Waals surface area contributed by atoms with Crippen molar-refractivity contribution in [1.82, 2.24) is 0 Å². The van der Waals surface area contributed by atoms with Gasteiger partial charge in [-0.25, -0.2) is 0 Å². The molecule has 0 heterocycles. The first-order valence-electron chi connectivity index (χ1n) is 6.70. The molecule has 0 aliphatic rings. The monoisotopic (exact) mass is 293 g/mol. The van der Waals surface area contributed by atoms with Gasteiger partial charge >= 0.3 is 0 Å². The Morgan fingerprint density at radius 3 is 2.48 bits per heavy atom. The summed E-state index contributed by atoms with van der Waals surface area (Å²) in [6, 6.07) is 20.0. The van der Waals surface area contributed by atoms with Gasteiger partial charge in [-0.1, -0.05) is 54.2 Å². The lowest BCUT2D eigenvalue weighted by molar-refractivity contribution is 0.482. The van der Waals surface area contributed by atoms with Gasteiger partial charge < -0.3 is 10.5 Å². The van der Waals surface area contributed by atoms with Crippen molar-refractivity contribution in [3.8, 4) is 11.5 Å². The van der Waals surface area contributed by atoms with Crippen LogP contribution in [0, 0.1) is 6.92 Å². The summed E-state index contributed by atoms with van der Waals surface area (Å²) >= 11 is 5.10. The summed E-state index contributed by atoms with van der Waals surface area (Å²) in [5, 5.41) is 2.32. The second-order valence-electron chi connectivity index (χ2n) is 4.97. The molecule has 0 atom stereocenters. The van der Waals surface area contributed by atoms with Crippen molar-refractivity contribution >= 4 is 28.0 Å². The third-order valence-electron chi connectivity index (χ3n) is 3.35. The van der Waals surface area contributed by atoms with Crippen LogP contribution in [0.15, 0.2) is 60.7 Å². The van der Waals surface area contributed by atoms with Crippen molar-refractivity contribution in [3.63, 3.8) is 0 Å². The van der Waals surface area contributed by atoms with Crippen molar-refractivity contribution in [2.75, 3.05) is 0 Å². The normalized spacial score (nSPS) is 10.5. The van der Waals surface area contributed by atoms with Gasteiger partial charge in [-0.15, -0.1) is 0 Å². The maximum Gasteiger partial charge on any atom is 0.137 e. The molecule has 0 aromatic heterocycles. The van der Waals surface area contributed by atoms with E-state index in [0.717, 1.165) is 22.3 Å².